The molecule has 4 saturated carbocycles. The van der Waals surface area contributed by atoms with Gasteiger partial charge in [-0.05, 0) is 62.7 Å². The number of carbonyl (C=O) groups excluding carboxylic acids is 1. The molecule has 4 bridgehead atoms. The second-order valence-electron chi connectivity index (χ2n) is 8.26. The average molecular weight is 429 g/mol. The van der Waals surface area contributed by atoms with Crippen molar-refractivity contribution in [1.82, 2.24) is 0 Å². The van der Waals surface area contributed by atoms with Gasteiger partial charge < -0.3 is 14.0 Å². The summed E-state index contributed by atoms with van der Waals surface area (Å²) in [6, 6.07) is 0. The molecule has 0 aromatic heterocycles. The SMILES string of the molecule is C=C(COC(F)(F)C(F)(F)S(=O)(=O)[O-])C(=O)OC1(C)C2CC3CC(C2)CC1C3. The van der Waals surface area contributed by atoms with E-state index in [9.17, 15) is 35.3 Å². The van der Waals surface area contributed by atoms with Crippen molar-refractivity contribution in [2.75, 3.05) is 6.61 Å². The molecule has 0 aliphatic heterocycles. The lowest BCUT2D eigenvalue weighted by Crippen LogP contribution is -2.58. The van der Waals surface area contributed by atoms with Crippen molar-refractivity contribution in [2.45, 2.75) is 56.0 Å². The van der Waals surface area contributed by atoms with Crippen molar-refractivity contribution in [3.63, 3.8) is 0 Å². The monoisotopic (exact) mass is 429 g/mol. The molecule has 0 radical (unpaired) electrons. The zero-order valence-electron chi connectivity index (χ0n) is 15.1. The summed E-state index contributed by atoms with van der Waals surface area (Å²) in [6.07, 6.45) is -0.819. The Morgan fingerprint density at radius 2 is 1.57 bits per heavy atom. The number of ether oxygens (including phenoxy) is 2. The lowest BCUT2D eigenvalue weighted by molar-refractivity contribution is -0.314. The topological polar surface area (TPSA) is 92.7 Å². The first-order chi connectivity index (χ1) is 12.7. The van der Waals surface area contributed by atoms with E-state index < -0.39 is 45.2 Å². The maximum absolute atomic E-state index is 13.3. The molecule has 4 aliphatic carbocycles. The Morgan fingerprint density at radius 3 is 2.00 bits per heavy atom. The van der Waals surface area contributed by atoms with E-state index in [1.165, 1.54) is 6.42 Å². The van der Waals surface area contributed by atoms with E-state index in [-0.39, 0.29) is 11.8 Å². The summed E-state index contributed by atoms with van der Waals surface area (Å²) < 4.78 is 93.0. The van der Waals surface area contributed by atoms with Crippen LogP contribution in [0.3, 0.4) is 0 Å². The normalized spacial score (nSPS) is 35.1. The summed E-state index contributed by atoms with van der Waals surface area (Å²) in [4.78, 5) is 12.3. The Hall–Kier alpha value is -1.20. The van der Waals surface area contributed by atoms with Crippen LogP contribution >= 0.6 is 0 Å². The Morgan fingerprint density at radius 1 is 1.11 bits per heavy atom. The molecule has 4 rings (SSSR count). The number of hydrogen-bond acceptors (Lipinski definition) is 6. The summed E-state index contributed by atoms with van der Waals surface area (Å²) in [5, 5.41) is -5.99. The number of halogens is 4. The molecule has 0 aromatic carbocycles. The van der Waals surface area contributed by atoms with Crippen molar-refractivity contribution >= 4 is 16.1 Å². The second kappa shape index (κ2) is 6.66. The van der Waals surface area contributed by atoms with E-state index in [4.69, 9.17) is 4.74 Å². The summed E-state index contributed by atoms with van der Waals surface area (Å²) in [5.74, 6) is 0.390. The van der Waals surface area contributed by atoms with Gasteiger partial charge in [-0.15, -0.1) is 0 Å². The first kappa shape index (κ1) is 21.5. The van der Waals surface area contributed by atoms with Crippen molar-refractivity contribution < 1.29 is 44.8 Å². The van der Waals surface area contributed by atoms with Gasteiger partial charge >= 0.3 is 17.3 Å². The van der Waals surface area contributed by atoms with Gasteiger partial charge in [0.2, 0.25) is 0 Å². The fourth-order valence-corrected chi connectivity index (χ4v) is 5.37. The largest absolute Gasteiger partial charge is 0.743 e. The van der Waals surface area contributed by atoms with Gasteiger partial charge in [0.05, 0.1) is 12.2 Å². The number of hydrogen-bond donors (Lipinski definition) is 0. The standard InChI is InChI=1S/C17H22F4O6S/c1-9(8-26-16(18,19)17(20,21)28(23,24)25)14(22)27-15(2)12-4-10-3-11(6-12)7-13(15)5-10/h10-13H,1,3-8H2,2H3,(H,23,24,25)/p-1. The van der Waals surface area contributed by atoms with E-state index in [2.05, 4.69) is 11.3 Å². The fraction of sp³-hybridized carbons (Fsp3) is 0.824. The minimum atomic E-state index is -6.68. The third kappa shape index (κ3) is 3.45. The Kier molecular flexibility index (Phi) is 5.12. The third-order valence-electron chi connectivity index (χ3n) is 6.44. The highest BCUT2D eigenvalue weighted by Gasteiger charge is 2.64. The van der Waals surface area contributed by atoms with Crippen LogP contribution in [0, 0.1) is 23.7 Å². The molecular weight excluding hydrogens is 408 g/mol. The van der Waals surface area contributed by atoms with Crippen molar-refractivity contribution in [2.24, 2.45) is 23.7 Å². The van der Waals surface area contributed by atoms with Crippen LogP contribution in [-0.4, -0.2) is 42.5 Å². The van der Waals surface area contributed by atoms with Crippen LogP contribution in [0.2, 0.25) is 0 Å². The molecule has 0 amide bonds. The van der Waals surface area contributed by atoms with E-state index in [1.807, 2.05) is 0 Å². The number of alkyl halides is 4. The highest BCUT2D eigenvalue weighted by Crippen LogP contribution is 2.59. The third-order valence-corrected chi connectivity index (χ3v) is 7.31. The first-order valence-electron chi connectivity index (χ1n) is 8.93. The van der Waals surface area contributed by atoms with Crippen LogP contribution in [0.25, 0.3) is 0 Å². The van der Waals surface area contributed by atoms with Crippen LogP contribution < -0.4 is 0 Å². The maximum Gasteiger partial charge on any atom is 0.434 e. The zero-order valence-corrected chi connectivity index (χ0v) is 15.9. The van der Waals surface area contributed by atoms with Crippen molar-refractivity contribution in [1.29, 1.82) is 0 Å². The second-order valence-corrected chi connectivity index (χ2v) is 9.68. The average Bonchev–Trinajstić information content (AvgIpc) is 2.56. The van der Waals surface area contributed by atoms with Crippen molar-refractivity contribution in [3.8, 4) is 0 Å². The van der Waals surface area contributed by atoms with E-state index in [0.717, 1.165) is 25.7 Å². The minimum Gasteiger partial charge on any atom is -0.743 e. The Bertz CT molecular complexity index is 751. The van der Waals surface area contributed by atoms with Gasteiger partial charge in [-0.2, -0.15) is 17.6 Å². The molecule has 4 fully saturated rings. The molecular formula is C17H21F4O6S-. The number of carbonyl (C=O) groups is 1. The van der Waals surface area contributed by atoms with Crippen LogP contribution in [0.4, 0.5) is 17.6 Å². The molecule has 0 atom stereocenters. The molecule has 160 valence electrons. The predicted octanol–water partition coefficient (Wildman–Crippen LogP) is 3.05. The van der Waals surface area contributed by atoms with Gasteiger partial charge in [-0.1, -0.05) is 6.58 Å². The van der Waals surface area contributed by atoms with E-state index >= 15 is 0 Å². The van der Waals surface area contributed by atoms with Crippen molar-refractivity contribution in [3.05, 3.63) is 12.2 Å². The lowest BCUT2D eigenvalue weighted by Gasteiger charge is -2.59. The summed E-state index contributed by atoms with van der Waals surface area (Å²) in [6.45, 7) is 3.59. The van der Waals surface area contributed by atoms with Crippen LogP contribution in [-0.2, 0) is 24.4 Å². The molecule has 4 aliphatic rings. The summed E-state index contributed by atoms with van der Waals surface area (Å²) in [7, 11) is -6.68. The highest BCUT2D eigenvalue weighted by atomic mass is 32.2. The Labute approximate surface area is 160 Å². The highest BCUT2D eigenvalue weighted by molar-refractivity contribution is 7.86. The zero-order chi connectivity index (χ0) is 21.1. The quantitative estimate of drug-likeness (QED) is 0.267. The molecule has 0 N–H and O–H groups in total. The summed E-state index contributed by atoms with van der Waals surface area (Å²) >= 11 is 0. The molecule has 0 spiro atoms. The van der Waals surface area contributed by atoms with Crippen LogP contribution in [0.5, 0.6) is 0 Å². The first-order valence-corrected chi connectivity index (χ1v) is 10.3. The van der Waals surface area contributed by atoms with Crippen LogP contribution in [0.15, 0.2) is 12.2 Å². The maximum atomic E-state index is 13.3. The van der Waals surface area contributed by atoms with Gasteiger partial charge in [0.1, 0.15) is 5.60 Å². The molecule has 0 aromatic rings. The van der Waals surface area contributed by atoms with Crippen LogP contribution in [0.1, 0.15) is 39.0 Å². The van der Waals surface area contributed by atoms with Gasteiger partial charge in [-0.25, -0.2) is 13.2 Å². The summed E-state index contributed by atoms with van der Waals surface area (Å²) in [5.41, 5.74) is -1.47. The molecule has 11 heteroatoms. The van der Waals surface area contributed by atoms with E-state index in [0.29, 0.717) is 11.8 Å². The van der Waals surface area contributed by atoms with Gasteiger partial charge in [0, 0.05) is 0 Å². The van der Waals surface area contributed by atoms with E-state index in [1.54, 1.807) is 6.92 Å². The molecule has 6 nitrogen and oxygen atoms in total. The Balaban J connectivity index is 1.62. The number of rotatable bonds is 7. The number of esters is 1. The lowest BCUT2D eigenvalue weighted by atomic mass is 9.50. The molecule has 0 unspecified atom stereocenters. The van der Waals surface area contributed by atoms with Gasteiger partial charge in [0.25, 0.3) is 0 Å². The molecule has 28 heavy (non-hydrogen) atoms. The predicted molar refractivity (Wildman–Crippen MR) is 86.2 cm³/mol. The fourth-order valence-electron chi connectivity index (χ4n) is 5.02. The molecule has 0 saturated heterocycles. The molecule has 0 heterocycles. The smallest absolute Gasteiger partial charge is 0.434 e. The van der Waals surface area contributed by atoms with Gasteiger partial charge in [-0.3, -0.25) is 0 Å². The minimum absolute atomic E-state index is 0.137. The van der Waals surface area contributed by atoms with Gasteiger partial charge in [0.15, 0.2) is 10.1 Å².